The van der Waals surface area contributed by atoms with Crippen LogP contribution in [0.3, 0.4) is 0 Å². The van der Waals surface area contributed by atoms with Gasteiger partial charge in [0.1, 0.15) is 17.5 Å². The lowest BCUT2D eigenvalue weighted by atomic mass is 10.0. The average Bonchev–Trinajstić information content (AvgIpc) is 2.74. The minimum atomic E-state index is -0.535. The molecule has 1 atom stereocenters. The van der Waals surface area contributed by atoms with Crippen molar-refractivity contribution in [1.82, 2.24) is 15.5 Å². The zero-order valence-corrected chi connectivity index (χ0v) is 16.8. The summed E-state index contributed by atoms with van der Waals surface area (Å²) in [5, 5.41) is 15.2. The number of piperidine rings is 1. The molecule has 2 aromatic rings. The van der Waals surface area contributed by atoms with Gasteiger partial charge in [0.25, 0.3) is 0 Å². The minimum absolute atomic E-state index is 0.0468. The molecule has 1 fully saturated rings. The van der Waals surface area contributed by atoms with E-state index in [1.54, 1.807) is 19.2 Å². The van der Waals surface area contributed by atoms with Crippen LogP contribution in [-0.2, 0) is 13.1 Å². The Morgan fingerprint density at radius 1 is 1.20 bits per heavy atom. The summed E-state index contributed by atoms with van der Waals surface area (Å²) >= 11 is 0. The van der Waals surface area contributed by atoms with Crippen LogP contribution >= 0.6 is 0 Å². The largest absolute Gasteiger partial charge is 0.352 e. The number of guanidine groups is 1. The second-order valence-corrected chi connectivity index (χ2v) is 7.26. The molecule has 1 unspecified atom stereocenters. The van der Waals surface area contributed by atoms with E-state index in [4.69, 9.17) is 5.26 Å². The molecule has 30 heavy (non-hydrogen) atoms. The maximum atomic E-state index is 14.1. The van der Waals surface area contributed by atoms with E-state index in [1.807, 2.05) is 11.0 Å². The van der Waals surface area contributed by atoms with Crippen LogP contribution in [0, 0.1) is 28.8 Å². The molecular formula is C22H24F3N5. The van der Waals surface area contributed by atoms with Gasteiger partial charge in [-0.1, -0.05) is 12.1 Å². The SMILES string of the molecule is CN=C(NCc1ccc(C#N)cc1F)NC1CCCN(Cc2c(F)cccc2F)C1. The zero-order chi connectivity index (χ0) is 21.5. The Morgan fingerprint density at radius 3 is 2.63 bits per heavy atom. The van der Waals surface area contributed by atoms with Crippen LogP contribution < -0.4 is 10.6 Å². The van der Waals surface area contributed by atoms with Gasteiger partial charge in [-0.2, -0.15) is 5.26 Å². The molecule has 1 saturated heterocycles. The van der Waals surface area contributed by atoms with Gasteiger partial charge in [-0.15, -0.1) is 0 Å². The zero-order valence-electron chi connectivity index (χ0n) is 16.8. The van der Waals surface area contributed by atoms with Gasteiger partial charge in [-0.25, -0.2) is 13.2 Å². The van der Waals surface area contributed by atoms with Gasteiger partial charge in [-0.05, 0) is 43.7 Å². The summed E-state index contributed by atoms with van der Waals surface area (Å²) in [6.07, 6.45) is 1.77. The monoisotopic (exact) mass is 415 g/mol. The van der Waals surface area contributed by atoms with Gasteiger partial charge < -0.3 is 10.6 Å². The summed E-state index contributed by atoms with van der Waals surface area (Å²) in [6.45, 7) is 1.79. The first-order valence-corrected chi connectivity index (χ1v) is 9.81. The lowest BCUT2D eigenvalue weighted by Gasteiger charge is -2.34. The fourth-order valence-electron chi connectivity index (χ4n) is 3.55. The van der Waals surface area contributed by atoms with Crippen molar-refractivity contribution >= 4 is 5.96 Å². The van der Waals surface area contributed by atoms with E-state index in [2.05, 4.69) is 15.6 Å². The van der Waals surface area contributed by atoms with Gasteiger partial charge >= 0.3 is 0 Å². The number of likely N-dealkylation sites (tertiary alicyclic amines) is 1. The number of halogens is 3. The number of benzene rings is 2. The molecule has 0 aliphatic carbocycles. The Hall–Kier alpha value is -3.05. The molecule has 0 amide bonds. The quantitative estimate of drug-likeness (QED) is 0.581. The molecule has 0 radical (unpaired) electrons. The lowest BCUT2D eigenvalue weighted by molar-refractivity contribution is 0.188. The highest BCUT2D eigenvalue weighted by atomic mass is 19.1. The van der Waals surface area contributed by atoms with Crippen LogP contribution in [-0.4, -0.2) is 37.0 Å². The number of hydrogen-bond donors (Lipinski definition) is 2. The lowest BCUT2D eigenvalue weighted by Crippen LogP contribution is -2.50. The molecule has 5 nitrogen and oxygen atoms in total. The molecule has 3 rings (SSSR count). The molecule has 2 aromatic carbocycles. The van der Waals surface area contributed by atoms with E-state index in [0.717, 1.165) is 19.4 Å². The van der Waals surface area contributed by atoms with Crippen molar-refractivity contribution in [2.24, 2.45) is 4.99 Å². The van der Waals surface area contributed by atoms with Gasteiger partial charge in [-0.3, -0.25) is 9.89 Å². The topological polar surface area (TPSA) is 63.5 Å². The fourth-order valence-corrected chi connectivity index (χ4v) is 3.55. The van der Waals surface area contributed by atoms with E-state index >= 15 is 0 Å². The third-order valence-electron chi connectivity index (χ3n) is 5.14. The molecule has 2 N–H and O–H groups in total. The number of hydrogen-bond acceptors (Lipinski definition) is 3. The standard InChI is InChI=1S/C22H24F3N5/c1-27-22(28-12-16-8-7-15(11-26)10-21(16)25)29-17-4-3-9-30(13-17)14-18-19(23)5-2-6-20(18)24/h2,5-8,10,17H,3-4,9,12-14H2,1H3,(H2,27,28,29). The van der Waals surface area contributed by atoms with Crippen molar-refractivity contribution in [2.75, 3.05) is 20.1 Å². The van der Waals surface area contributed by atoms with Crippen molar-refractivity contribution in [3.8, 4) is 6.07 Å². The highest BCUT2D eigenvalue weighted by molar-refractivity contribution is 5.80. The van der Waals surface area contributed by atoms with Gasteiger partial charge in [0.05, 0.1) is 11.6 Å². The molecule has 1 aliphatic heterocycles. The first-order chi connectivity index (χ1) is 14.5. The molecule has 1 heterocycles. The van der Waals surface area contributed by atoms with Crippen LogP contribution in [0.25, 0.3) is 0 Å². The highest BCUT2D eigenvalue weighted by Crippen LogP contribution is 2.18. The van der Waals surface area contributed by atoms with Crippen molar-refractivity contribution in [3.63, 3.8) is 0 Å². The summed E-state index contributed by atoms with van der Waals surface area (Å²) in [5.74, 6) is -1.01. The van der Waals surface area contributed by atoms with Crippen LogP contribution in [0.4, 0.5) is 13.2 Å². The van der Waals surface area contributed by atoms with Gasteiger partial charge in [0.2, 0.25) is 0 Å². The number of nitrogens with zero attached hydrogens (tertiary/aromatic N) is 3. The highest BCUT2D eigenvalue weighted by Gasteiger charge is 2.22. The Labute approximate surface area is 174 Å². The molecule has 158 valence electrons. The van der Waals surface area contributed by atoms with Gasteiger partial charge in [0, 0.05) is 43.9 Å². The Balaban J connectivity index is 1.56. The smallest absolute Gasteiger partial charge is 0.191 e. The average molecular weight is 415 g/mol. The van der Waals surface area contributed by atoms with E-state index in [0.29, 0.717) is 18.1 Å². The molecular weight excluding hydrogens is 391 g/mol. The summed E-state index contributed by atoms with van der Waals surface area (Å²) in [5.41, 5.74) is 0.779. The summed E-state index contributed by atoms with van der Waals surface area (Å²) in [7, 11) is 1.62. The van der Waals surface area contributed by atoms with Gasteiger partial charge in [0.15, 0.2) is 5.96 Å². The second-order valence-electron chi connectivity index (χ2n) is 7.26. The predicted molar refractivity (Wildman–Crippen MR) is 109 cm³/mol. The van der Waals surface area contributed by atoms with Crippen LogP contribution in [0.1, 0.15) is 29.5 Å². The molecule has 8 heteroatoms. The van der Waals surface area contributed by atoms with Crippen molar-refractivity contribution in [1.29, 1.82) is 5.26 Å². The minimum Gasteiger partial charge on any atom is -0.352 e. The third-order valence-corrected chi connectivity index (χ3v) is 5.14. The van der Waals surface area contributed by atoms with E-state index in [1.165, 1.54) is 24.3 Å². The summed E-state index contributed by atoms with van der Waals surface area (Å²) in [4.78, 5) is 6.19. The Morgan fingerprint density at radius 2 is 1.97 bits per heavy atom. The van der Waals surface area contributed by atoms with Crippen LogP contribution in [0.5, 0.6) is 0 Å². The van der Waals surface area contributed by atoms with Crippen LogP contribution in [0.15, 0.2) is 41.4 Å². The normalized spacial score (nSPS) is 17.4. The maximum absolute atomic E-state index is 14.1. The molecule has 1 aliphatic rings. The van der Waals surface area contributed by atoms with E-state index in [-0.39, 0.29) is 30.3 Å². The third kappa shape index (κ3) is 5.51. The summed E-state index contributed by atoms with van der Waals surface area (Å²) in [6, 6.07) is 10.2. The van der Waals surface area contributed by atoms with Crippen molar-refractivity contribution < 1.29 is 13.2 Å². The first-order valence-electron chi connectivity index (χ1n) is 9.81. The number of aliphatic imine (C=N–C) groups is 1. The van der Waals surface area contributed by atoms with Crippen molar-refractivity contribution in [2.45, 2.75) is 32.0 Å². The second kappa shape index (κ2) is 10.1. The van der Waals surface area contributed by atoms with E-state index in [9.17, 15) is 13.2 Å². The van der Waals surface area contributed by atoms with E-state index < -0.39 is 17.5 Å². The molecule has 0 bridgehead atoms. The van der Waals surface area contributed by atoms with Crippen molar-refractivity contribution in [3.05, 3.63) is 70.5 Å². The molecule has 0 aromatic heterocycles. The van der Waals surface area contributed by atoms with Crippen LogP contribution in [0.2, 0.25) is 0 Å². The molecule has 0 saturated carbocycles. The fraction of sp³-hybridized carbons (Fsp3) is 0.364. The number of nitrogens with one attached hydrogen (secondary N) is 2. The summed E-state index contributed by atoms with van der Waals surface area (Å²) < 4.78 is 42.0. The predicted octanol–water partition coefficient (Wildman–Crippen LogP) is 3.31. The first kappa shape index (κ1) is 21.7. The Kier molecular flexibility index (Phi) is 7.31. The number of nitriles is 1. The number of rotatable bonds is 5. The Bertz CT molecular complexity index is 934. The molecule has 0 spiro atoms. The maximum Gasteiger partial charge on any atom is 0.191 e.